The molecule has 3 rings (SSSR count). The summed E-state index contributed by atoms with van der Waals surface area (Å²) >= 11 is 5.30. The van der Waals surface area contributed by atoms with Crippen LogP contribution in [0.25, 0.3) is 10.9 Å². The highest BCUT2D eigenvalue weighted by molar-refractivity contribution is 7.71. The first-order valence-corrected chi connectivity index (χ1v) is 7.93. The molecule has 0 radical (unpaired) electrons. The fourth-order valence-electron chi connectivity index (χ4n) is 2.65. The Hall–Kier alpha value is -2.21. The fraction of sp³-hybridized carbons (Fsp3) is 0.312. The Balaban J connectivity index is 1.99. The van der Waals surface area contributed by atoms with Crippen LogP contribution in [0.1, 0.15) is 44.0 Å². The van der Waals surface area contributed by atoms with Crippen LogP contribution >= 0.6 is 12.2 Å². The molecule has 0 aliphatic heterocycles. The van der Waals surface area contributed by atoms with Gasteiger partial charge in [0.15, 0.2) is 5.82 Å². The van der Waals surface area contributed by atoms with Crippen molar-refractivity contribution in [3.63, 3.8) is 0 Å². The second-order valence-electron chi connectivity index (χ2n) is 5.25. The van der Waals surface area contributed by atoms with E-state index in [0.29, 0.717) is 10.7 Å². The van der Waals surface area contributed by atoms with Gasteiger partial charge in [-0.15, -0.1) is 0 Å². The van der Waals surface area contributed by atoms with Crippen LogP contribution in [-0.2, 0) is 0 Å². The molecule has 2 N–H and O–H groups in total. The predicted octanol–water partition coefficient (Wildman–Crippen LogP) is 4.21. The van der Waals surface area contributed by atoms with Crippen molar-refractivity contribution in [1.29, 1.82) is 0 Å². The Bertz CT molecular complexity index is 851. The molecule has 2 heterocycles. The summed E-state index contributed by atoms with van der Waals surface area (Å²) in [6.07, 6.45) is 5.81. The van der Waals surface area contributed by atoms with Crippen LogP contribution in [0.3, 0.4) is 0 Å². The van der Waals surface area contributed by atoms with Crippen molar-refractivity contribution in [1.82, 2.24) is 19.9 Å². The highest BCUT2D eigenvalue weighted by Gasteiger charge is 2.15. The van der Waals surface area contributed by atoms with Crippen LogP contribution < -0.4 is 0 Å². The van der Waals surface area contributed by atoms with Gasteiger partial charge in [-0.2, -0.15) is 14.9 Å². The van der Waals surface area contributed by atoms with E-state index in [1.165, 1.54) is 0 Å². The molecule has 0 amide bonds. The van der Waals surface area contributed by atoms with Crippen LogP contribution in [0.2, 0.25) is 0 Å². The minimum atomic E-state index is 0.355. The number of aromatic nitrogens is 4. The molecule has 0 saturated carbocycles. The molecule has 1 aromatic carbocycles. The van der Waals surface area contributed by atoms with Gasteiger partial charge in [-0.1, -0.05) is 32.0 Å². The molecule has 6 heteroatoms. The summed E-state index contributed by atoms with van der Waals surface area (Å²) in [6.45, 7) is 4.30. The topological polar surface area (TPSA) is 61.8 Å². The number of hydrogen-bond acceptors (Lipinski definition) is 3. The lowest BCUT2D eigenvalue weighted by atomic mass is 10.0. The van der Waals surface area contributed by atoms with Crippen LogP contribution in [0, 0.1) is 4.77 Å². The Labute approximate surface area is 134 Å². The number of rotatable bonds is 5. The first kappa shape index (κ1) is 14.7. The van der Waals surface area contributed by atoms with Gasteiger partial charge in [0.05, 0.1) is 6.21 Å². The average molecular weight is 313 g/mol. The van der Waals surface area contributed by atoms with Gasteiger partial charge in [-0.05, 0) is 31.1 Å². The summed E-state index contributed by atoms with van der Waals surface area (Å²) in [5, 5.41) is 12.9. The minimum absolute atomic E-state index is 0.355. The van der Waals surface area contributed by atoms with Crippen LogP contribution in [0.4, 0.5) is 0 Å². The van der Waals surface area contributed by atoms with Crippen molar-refractivity contribution in [2.24, 2.45) is 5.10 Å². The summed E-state index contributed by atoms with van der Waals surface area (Å²) in [5.41, 5.74) is 2.13. The lowest BCUT2D eigenvalue weighted by molar-refractivity contribution is 0.571. The second-order valence-corrected chi connectivity index (χ2v) is 5.63. The largest absolute Gasteiger partial charge is 0.361 e. The molecular weight excluding hydrogens is 294 g/mol. The van der Waals surface area contributed by atoms with Crippen molar-refractivity contribution in [3.8, 4) is 0 Å². The molecule has 0 spiro atoms. The highest BCUT2D eigenvalue weighted by atomic mass is 32.1. The molecular formula is C16H19N5S. The molecule has 0 saturated heterocycles. The maximum absolute atomic E-state index is 5.30. The maximum atomic E-state index is 5.30. The number of hydrogen-bond donors (Lipinski definition) is 2. The van der Waals surface area contributed by atoms with Crippen molar-refractivity contribution >= 4 is 29.3 Å². The van der Waals surface area contributed by atoms with Crippen LogP contribution in [-0.4, -0.2) is 26.1 Å². The summed E-state index contributed by atoms with van der Waals surface area (Å²) in [5.74, 6) is 1.25. The van der Waals surface area contributed by atoms with Crippen LogP contribution in [0.15, 0.2) is 35.6 Å². The summed E-state index contributed by atoms with van der Waals surface area (Å²) in [4.78, 5) is 3.24. The van der Waals surface area contributed by atoms with Gasteiger partial charge in [-0.3, -0.25) is 5.10 Å². The van der Waals surface area contributed by atoms with Gasteiger partial charge in [0.1, 0.15) is 0 Å². The molecule has 3 aromatic rings. The van der Waals surface area contributed by atoms with Gasteiger partial charge in [-0.25, -0.2) is 0 Å². The predicted molar refractivity (Wildman–Crippen MR) is 92.0 cm³/mol. The third kappa shape index (κ3) is 2.62. The molecule has 0 bridgehead atoms. The Morgan fingerprint density at radius 3 is 2.86 bits per heavy atom. The number of nitrogens with one attached hydrogen (secondary N) is 2. The first-order chi connectivity index (χ1) is 10.7. The SMILES string of the molecule is CCC(CC)c1n[nH]c(=S)n1/N=C\c1c[nH]c2ccccc12. The zero-order valence-corrected chi connectivity index (χ0v) is 13.5. The van der Waals surface area contributed by atoms with E-state index < -0.39 is 0 Å². The molecule has 22 heavy (non-hydrogen) atoms. The molecule has 0 aliphatic rings. The van der Waals surface area contributed by atoms with Crippen molar-refractivity contribution in [2.75, 3.05) is 0 Å². The van der Waals surface area contributed by atoms with Crippen molar-refractivity contribution in [2.45, 2.75) is 32.6 Å². The van der Waals surface area contributed by atoms with E-state index in [1.807, 2.05) is 30.6 Å². The normalized spacial score (nSPS) is 12.0. The summed E-state index contributed by atoms with van der Waals surface area (Å²) < 4.78 is 2.26. The average Bonchev–Trinajstić information content (AvgIpc) is 3.11. The number of H-pyrrole nitrogens is 2. The maximum Gasteiger partial charge on any atom is 0.216 e. The Morgan fingerprint density at radius 2 is 2.09 bits per heavy atom. The van der Waals surface area contributed by atoms with E-state index in [2.05, 4.69) is 40.2 Å². The Morgan fingerprint density at radius 1 is 1.32 bits per heavy atom. The number of fused-ring (bicyclic) bond motifs is 1. The van der Waals surface area contributed by atoms with E-state index in [0.717, 1.165) is 35.1 Å². The molecule has 114 valence electrons. The number of aromatic amines is 2. The summed E-state index contributed by atoms with van der Waals surface area (Å²) in [7, 11) is 0. The lowest BCUT2D eigenvalue weighted by Crippen LogP contribution is -2.05. The minimum Gasteiger partial charge on any atom is -0.361 e. The standard InChI is InChI=1S/C16H19N5S/c1-3-11(4-2)15-19-20-16(22)21(15)18-10-12-9-17-14-8-6-5-7-13(12)14/h5-11,17H,3-4H2,1-2H3,(H,20,22)/b18-10-. The molecule has 0 fully saturated rings. The summed E-state index contributed by atoms with van der Waals surface area (Å²) in [6, 6.07) is 8.15. The molecule has 0 unspecified atom stereocenters. The number of nitrogens with zero attached hydrogens (tertiary/aromatic N) is 3. The quantitative estimate of drug-likeness (QED) is 0.547. The van der Waals surface area contributed by atoms with Crippen LogP contribution in [0.5, 0.6) is 0 Å². The third-order valence-electron chi connectivity index (χ3n) is 3.96. The van der Waals surface area contributed by atoms with Gasteiger partial charge < -0.3 is 4.98 Å². The van der Waals surface area contributed by atoms with Gasteiger partial charge in [0.25, 0.3) is 0 Å². The third-order valence-corrected chi connectivity index (χ3v) is 4.22. The highest BCUT2D eigenvalue weighted by Crippen LogP contribution is 2.21. The van der Waals surface area contributed by atoms with Crippen molar-refractivity contribution < 1.29 is 0 Å². The van der Waals surface area contributed by atoms with Gasteiger partial charge in [0.2, 0.25) is 4.77 Å². The fourth-order valence-corrected chi connectivity index (χ4v) is 2.84. The van der Waals surface area contributed by atoms with E-state index in [4.69, 9.17) is 12.2 Å². The second kappa shape index (κ2) is 6.27. The van der Waals surface area contributed by atoms with E-state index in [9.17, 15) is 0 Å². The molecule has 5 nitrogen and oxygen atoms in total. The lowest BCUT2D eigenvalue weighted by Gasteiger charge is -2.10. The van der Waals surface area contributed by atoms with E-state index >= 15 is 0 Å². The number of para-hydroxylation sites is 1. The van der Waals surface area contributed by atoms with Gasteiger partial charge in [0, 0.05) is 28.6 Å². The molecule has 0 atom stereocenters. The van der Waals surface area contributed by atoms with Crippen molar-refractivity contribution in [3.05, 3.63) is 46.6 Å². The zero-order valence-electron chi connectivity index (χ0n) is 12.7. The molecule has 2 aromatic heterocycles. The smallest absolute Gasteiger partial charge is 0.216 e. The first-order valence-electron chi connectivity index (χ1n) is 7.52. The van der Waals surface area contributed by atoms with E-state index in [-0.39, 0.29) is 0 Å². The molecule has 0 aliphatic carbocycles. The van der Waals surface area contributed by atoms with Gasteiger partial charge >= 0.3 is 0 Å². The zero-order chi connectivity index (χ0) is 15.5. The Kier molecular flexibility index (Phi) is 4.20. The monoisotopic (exact) mass is 313 g/mol. The van der Waals surface area contributed by atoms with E-state index in [1.54, 1.807) is 4.68 Å². The number of benzene rings is 1.